The van der Waals surface area contributed by atoms with E-state index in [0.717, 1.165) is 31.6 Å². The molecule has 0 saturated carbocycles. The number of carbonyl (C=O) groups excluding carboxylic acids is 3. The van der Waals surface area contributed by atoms with Gasteiger partial charge in [-0.2, -0.15) is 5.10 Å². The zero-order valence-electron chi connectivity index (χ0n) is 14.2. The summed E-state index contributed by atoms with van der Waals surface area (Å²) >= 11 is 0. The van der Waals surface area contributed by atoms with Gasteiger partial charge in [-0.25, -0.2) is 4.79 Å². The molecule has 1 fully saturated rings. The van der Waals surface area contributed by atoms with E-state index in [1.165, 1.54) is 25.6 Å². The third kappa shape index (κ3) is 3.82. The first-order valence-electron chi connectivity index (χ1n) is 8.17. The second-order valence-corrected chi connectivity index (χ2v) is 5.81. The molecular weight excluding hydrogens is 338 g/mol. The Morgan fingerprint density at radius 3 is 2.54 bits per heavy atom. The van der Waals surface area contributed by atoms with Crippen molar-refractivity contribution in [3.05, 3.63) is 36.2 Å². The van der Waals surface area contributed by atoms with Crippen molar-refractivity contribution in [1.29, 1.82) is 0 Å². The third-order valence-corrected chi connectivity index (χ3v) is 4.07. The van der Waals surface area contributed by atoms with Gasteiger partial charge in [0.2, 0.25) is 0 Å². The smallest absolute Gasteiger partial charge is 0.337 e. The molecule has 26 heavy (non-hydrogen) atoms. The fourth-order valence-electron chi connectivity index (χ4n) is 2.80. The van der Waals surface area contributed by atoms with Gasteiger partial charge in [0.25, 0.3) is 0 Å². The van der Waals surface area contributed by atoms with Gasteiger partial charge < -0.3 is 20.3 Å². The quantitative estimate of drug-likeness (QED) is 0.562. The van der Waals surface area contributed by atoms with E-state index in [1.807, 2.05) is 0 Å². The SMILES string of the molecule is COC(=O)c1ccc(N2CCCC2)c(NC(=O)C(=O)Nc2cn[nH]c2)c1. The van der Waals surface area contributed by atoms with Crippen LogP contribution in [0, 0.1) is 0 Å². The van der Waals surface area contributed by atoms with E-state index in [0.29, 0.717) is 16.9 Å². The Balaban J connectivity index is 1.82. The number of carbonyl (C=O) groups is 3. The molecule has 0 aliphatic carbocycles. The van der Waals surface area contributed by atoms with Crippen molar-refractivity contribution in [2.75, 3.05) is 35.7 Å². The number of H-pyrrole nitrogens is 1. The Hall–Kier alpha value is -3.36. The van der Waals surface area contributed by atoms with Gasteiger partial charge in [0.15, 0.2) is 0 Å². The molecule has 9 nitrogen and oxygen atoms in total. The van der Waals surface area contributed by atoms with Gasteiger partial charge in [0.1, 0.15) is 0 Å². The number of aromatic amines is 1. The topological polar surface area (TPSA) is 116 Å². The first-order chi connectivity index (χ1) is 12.6. The summed E-state index contributed by atoms with van der Waals surface area (Å²) in [7, 11) is 1.29. The van der Waals surface area contributed by atoms with Crippen molar-refractivity contribution in [3.8, 4) is 0 Å². The molecule has 0 spiro atoms. The van der Waals surface area contributed by atoms with Crippen LogP contribution in [0.1, 0.15) is 23.2 Å². The number of hydrogen-bond donors (Lipinski definition) is 3. The van der Waals surface area contributed by atoms with Crippen LogP contribution in [0.3, 0.4) is 0 Å². The average molecular weight is 357 g/mol. The number of ether oxygens (including phenoxy) is 1. The van der Waals surface area contributed by atoms with Crippen LogP contribution in [-0.2, 0) is 14.3 Å². The molecule has 1 aromatic heterocycles. The monoisotopic (exact) mass is 357 g/mol. The summed E-state index contributed by atoms with van der Waals surface area (Å²) in [6, 6.07) is 4.91. The van der Waals surface area contributed by atoms with Crippen LogP contribution in [-0.4, -0.2) is 48.2 Å². The Morgan fingerprint density at radius 1 is 1.15 bits per heavy atom. The van der Waals surface area contributed by atoms with E-state index in [9.17, 15) is 14.4 Å². The predicted molar refractivity (Wildman–Crippen MR) is 95.1 cm³/mol. The van der Waals surface area contributed by atoms with Gasteiger partial charge in [-0.1, -0.05) is 0 Å². The minimum atomic E-state index is -0.839. The van der Waals surface area contributed by atoms with Gasteiger partial charge >= 0.3 is 17.8 Å². The number of amides is 2. The Morgan fingerprint density at radius 2 is 1.88 bits per heavy atom. The van der Waals surface area contributed by atoms with Crippen molar-refractivity contribution in [2.45, 2.75) is 12.8 Å². The van der Waals surface area contributed by atoms with E-state index < -0.39 is 17.8 Å². The Labute approximate surface area is 149 Å². The highest BCUT2D eigenvalue weighted by Gasteiger charge is 2.21. The minimum absolute atomic E-state index is 0.293. The summed E-state index contributed by atoms with van der Waals surface area (Å²) < 4.78 is 4.72. The van der Waals surface area contributed by atoms with E-state index in [-0.39, 0.29) is 0 Å². The largest absolute Gasteiger partial charge is 0.465 e. The van der Waals surface area contributed by atoms with Gasteiger partial charge in [-0.05, 0) is 31.0 Å². The molecule has 0 unspecified atom stereocenters. The summed E-state index contributed by atoms with van der Waals surface area (Å²) in [6.45, 7) is 1.70. The summed E-state index contributed by atoms with van der Waals surface area (Å²) in [5, 5.41) is 11.3. The highest BCUT2D eigenvalue weighted by atomic mass is 16.5. The van der Waals surface area contributed by atoms with Gasteiger partial charge in [-0.3, -0.25) is 14.7 Å². The number of benzene rings is 1. The molecule has 2 aromatic rings. The maximum absolute atomic E-state index is 12.3. The Kier molecular flexibility index (Phi) is 5.16. The predicted octanol–water partition coefficient (Wildman–Crippen LogP) is 1.37. The first kappa shape index (κ1) is 17.5. The summed E-state index contributed by atoms with van der Waals surface area (Å²) in [4.78, 5) is 38.2. The highest BCUT2D eigenvalue weighted by Crippen LogP contribution is 2.30. The first-order valence-corrected chi connectivity index (χ1v) is 8.17. The second-order valence-electron chi connectivity index (χ2n) is 5.81. The highest BCUT2D eigenvalue weighted by molar-refractivity contribution is 6.44. The van der Waals surface area contributed by atoms with Crippen molar-refractivity contribution < 1.29 is 19.1 Å². The zero-order chi connectivity index (χ0) is 18.5. The van der Waals surface area contributed by atoms with Crippen LogP contribution in [0.15, 0.2) is 30.6 Å². The van der Waals surface area contributed by atoms with E-state index in [2.05, 4.69) is 25.7 Å². The van der Waals surface area contributed by atoms with Gasteiger partial charge in [0.05, 0.1) is 35.9 Å². The lowest BCUT2D eigenvalue weighted by molar-refractivity contribution is -0.132. The van der Waals surface area contributed by atoms with Crippen molar-refractivity contribution in [2.24, 2.45) is 0 Å². The van der Waals surface area contributed by atoms with Crippen LogP contribution >= 0.6 is 0 Å². The van der Waals surface area contributed by atoms with Crippen LogP contribution < -0.4 is 15.5 Å². The number of nitrogens with one attached hydrogen (secondary N) is 3. The molecule has 9 heteroatoms. The van der Waals surface area contributed by atoms with E-state index in [1.54, 1.807) is 12.1 Å². The molecule has 0 radical (unpaired) electrons. The van der Waals surface area contributed by atoms with E-state index in [4.69, 9.17) is 4.74 Å². The van der Waals surface area contributed by atoms with Crippen molar-refractivity contribution >= 4 is 34.8 Å². The third-order valence-electron chi connectivity index (χ3n) is 4.07. The number of rotatable bonds is 4. The number of esters is 1. The molecule has 2 heterocycles. The number of hydrogen-bond acceptors (Lipinski definition) is 6. The maximum Gasteiger partial charge on any atom is 0.337 e. The number of methoxy groups -OCH3 is 1. The zero-order valence-corrected chi connectivity index (χ0v) is 14.2. The normalized spacial score (nSPS) is 13.3. The van der Waals surface area contributed by atoms with Crippen LogP contribution in [0.25, 0.3) is 0 Å². The van der Waals surface area contributed by atoms with Crippen LogP contribution in [0.4, 0.5) is 17.1 Å². The van der Waals surface area contributed by atoms with E-state index >= 15 is 0 Å². The molecule has 3 N–H and O–H groups in total. The molecular formula is C17H19N5O4. The maximum atomic E-state index is 12.3. The second kappa shape index (κ2) is 7.68. The van der Waals surface area contributed by atoms with Crippen LogP contribution in [0.5, 0.6) is 0 Å². The number of anilines is 3. The molecule has 136 valence electrons. The van der Waals surface area contributed by atoms with Gasteiger partial charge in [-0.15, -0.1) is 0 Å². The fourth-order valence-corrected chi connectivity index (χ4v) is 2.80. The van der Waals surface area contributed by atoms with Crippen molar-refractivity contribution in [3.63, 3.8) is 0 Å². The fraction of sp³-hybridized carbons (Fsp3) is 0.294. The molecule has 3 rings (SSSR count). The lowest BCUT2D eigenvalue weighted by atomic mass is 10.1. The minimum Gasteiger partial charge on any atom is -0.465 e. The lowest BCUT2D eigenvalue weighted by Crippen LogP contribution is -2.30. The molecule has 0 atom stereocenters. The molecule has 1 aromatic carbocycles. The molecule has 2 amide bonds. The summed E-state index contributed by atoms with van der Waals surface area (Å²) in [5.41, 5.74) is 1.83. The van der Waals surface area contributed by atoms with Crippen LogP contribution in [0.2, 0.25) is 0 Å². The lowest BCUT2D eigenvalue weighted by Gasteiger charge is -2.22. The summed E-state index contributed by atoms with van der Waals surface area (Å²) in [5.74, 6) is -2.19. The Bertz CT molecular complexity index is 813. The standard InChI is InChI=1S/C17H19N5O4/c1-26-17(25)11-4-5-14(22-6-2-3-7-22)13(8-11)21-16(24)15(23)20-12-9-18-19-10-12/h4-5,8-10H,2-3,6-7H2,1H3,(H,18,19)(H,20,23)(H,21,24). The molecule has 1 aliphatic rings. The average Bonchev–Trinajstić information content (AvgIpc) is 3.34. The molecule has 1 saturated heterocycles. The number of nitrogens with zero attached hydrogens (tertiary/aromatic N) is 2. The van der Waals surface area contributed by atoms with Gasteiger partial charge in [0, 0.05) is 19.3 Å². The van der Waals surface area contributed by atoms with Crippen molar-refractivity contribution in [1.82, 2.24) is 10.2 Å². The molecule has 1 aliphatic heterocycles. The summed E-state index contributed by atoms with van der Waals surface area (Å²) in [6.07, 6.45) is 4.94. The number of aromatic nitrogens is 2. The molecule has 0 bridgehead atoms.